The van der Waals surface area contributed by atoms with E-state index in [0.29, 0.717) is 104 Å². The summed E-state index contributed by atoms with van der Waals surface area (Å²) in [5.41, 5.74) is 0.615. The largest absolute Gasteiger partial charge is 0.491 e. The molecule has 1 aromatic rings. The Hall–Kier alpha value is -2.12. The van der Waals surface area contributed by atoms with Crippen LogP contribution in [-0.4, -0.2) is 118 Å². The van der Waals surface area contributed by atoms with Gasteiger partial charge in [-0.05, 0) is 24.3 Å². The van der Waals surface area contributed by atoms with Crippen molar-refractivity contribution in [1.82, 2.24) is 0 Å². The van der Waals surface area contributed by atoms with Crippen molar-refractivity contribution in [2.24, 2.45) is 0 Å². The Balaban J connectivity index is 1.69. The third-order valence-corrected chi connectivity index (χ3v) is 4.19. The Kier molecular flexibility index (Phi) is 20.9. The summed E-state index contributed by atoms with van der Waals surface area (Å²) in [6, 6.07) is 6.91. The predicted molar refractivity (Wildman–Crippen MR) is 125 cm³/mol. The van der Waals surface area contributed by atoms with Gasteiger partial charge in [0, 0.05) is 5.56 Å². The van der Waals surface area contributed by atoms with Crippen molar-refractivity contribution in [3.63, 3.8) is 0 Å². The lowest BCUT2D eigenvalue weighted by molar-refractivity contribution is -0.146. The zero-order valence-electron chi connectivity index (χ0n) is 20.5. The van der Waals surface area contributed by atoms with Gasteiger partial charge >= 0.3 is 5.97 Å². The molecular formula is C24H38O11. The molecule has 11 heteroatoms. The summed E-state index contributed by atoms with van der Waals surface area (Å²) in [5, 5.41) is 0. The lowest BCUT2D eigenvalue weighted by atomic mass is 10.2. The molecule has 0 aliphatic heterocycles. The number of carbonyl (C=O) groups excluding carboxylic acids is 2. The highest BCUT2D eigenvalue weighted by molar-refractivity contribution is 5.74. The van der Waals surface area contributed by atoms with E-state index < -0.39 is 5.97 Å². The van der Waals surface area contributed by atoms with Gasteiger partial charge in [0.1, 0.15) is 25.2 Å². The molecule has 0 bridgehead atoms. The van der Waals surface area contributed by atoms with Crippen LogP contribution in [0.25, 0.3) is 0 Å². The summed E-state index contributed by atoms with van der Waals surface area (Å²) in [4.78, 5) is 21.4. The minimum absolute atomic E-state index is 0.0707. The first-order valence-corrected chi connectivity index (χ1v) is 11.6. The molecular weight excluding hydrogens is 464 g/mol. The lowest BCUT2D eigenvalue weighted by Gasteiger charge is -2.09. The highest BCUT2D eigenvalue weighted by Gasteiger charge is 1.99. The van der Waals surface area contributed by atoms with Crippen LogP contribution >= 0.6 is 0 Å². The Morgan fingerprint density at radius 3 is 1.34 bits per heavy atom. The first-order valence-electron chi connectivity index (χ1n) is 11.6. The molecule has 0 N–H and O–H groups in total. The molecule has 0 fully saturated rings. The van der Waals surface area contributed by atoms with E-state index in [1.165, 1.54) is 7.11 Å². The van der Waals surface area contributed by atoms with Gasteiger partial charge in [-0.2, -0.15) is 0 Å². The Morgan fingerprint density at radius 2 is 0.971 bits per heavy atom. The van der Waals surface area contributed by atoms with E-state index in [-0.39, 0.29) is 6.61 Å². The van der Waals surface area contributed by atoms with E-state index in [1.54, 1.807) is 24.3 Å². The Bertz CT molecular complexity index is 624. The molecule has 0 aromatic heterocycles. The maximum absolute atomic E-state index is 10.8. The Morgan fingerprint density at radius 1 is 0.600 bits per heavy atom. The summed E-state index contributed by atoms with van der Waals surface area (Å²) in [7, 11) is 1.31. The first kappa shape index (κ1) is 30.9. The van der Waals surface area contributed by atoms with E-state index in [4.69, 9.17) is 37.9 Å². The van der Waals surface area contributed by atoms with E-state index in [1.807, 2.05) is 0 Å². The van der Waals surface area contributed by atoms with Crippen LogP contribution in [0.3, 0.4) is 0 Å². The van der Waals surface area contributed by atoms with Crippen LogP contribution < -0.4 is 4.74 Å². The average Bonchev–Trinajstić information content (AvgIpc) is 2.89. The number of methoxy groups -OCH3 is 1. The number of hydrogen-bond acceptors (Lipinski definition) is 11. The zero-order valence-corrected chi connectivity index (χ0v) is 20.5. The normalized spacial score (nSPS) is 10.9. The van der Waals surface area contributed by atoms with Crippen LogP contribution in [0.1, 0.15) is 10.4 Å². The van der Waals surface area contributed by atoms with Crippen molar-refractivity contribution in [2.75, 3.05) is 106 Å². The van der Waals surface area contributed by atoms with E-state index >= 15 is 0 Å². The fourth-order valence-corrected chi connectivity index (χ4v) is 2.39. The highest BCUT2D eigenvalue weighted by Crippen LogP contribution is 2.10. The summed E-state index contributed by atoms with van der Waals surface area (Å²) >= 11 is 0. The molecule has 0 amide bonds. The van der Waals surface area contributed by atoms with Gasteiger partial charge < -0.3 is 42.6 Å². The van der Waals surface area contributed by atoms with Gasteiger partial charge in [-0.3, -0.25) is 4.79 Å². The van der Waals surface area contributed by atoms with Crippen molar-refractivity contribution in [2.45, 2.75) is 0 Å². The third kappa shape index (κ3) is 19.8. The van der Waals surface area contributed by atoms with Gasteiger partial charge in [0.15, 0.2) is 0 Å². The number of aldehydes is 1. The number of ether oxygens (including phenoxy) is 9. The van der Waals surface area contributed by atoms with Crippen molar-refractivity contribution >= 4 is 12.3 Å². The van der Waals surface area contributed by atoms with Crippen LogP contribution in [0.4, 0.5) is 0 Å². The molecule has 0 heterocycles. The van der Waals surface area contributed by atoms with Crippen molar-refractivity contribution < 1.29 is 52.2 Å². The van der Waals surface area contributed by atoms with Crippen molar-refractivity contribution in [3.05, 3.63) is 29.8 Å². The predicted octanol–water partition coefficient (Wildman–Crippen LogP) is 1.17. The number of benzene rings is 1. The molecule has 11 nitrogen and oxygen atoms in total. The topological polar surface area (TPSA) is 117 Å². The maximum Gasteiger partial charge on any atom is 0.331 e. The van der Waals surface area contributed by atoms with E-state index in [9.17, 15) is 9.59 Å². The summed E-state index contributed by atoms with van der Waals surface area (Å²) in [6.07, 6.45) is 0.793. The number of esters is 1. The van der Waals surface area contributed by atoms with E-state index in [2.05, 4.69) is 4.74 Å². The van der Waals surface area contributed by atoms with Crippen LogP contribution in [0.2, 0.25) is 0 Å². The van der Waals surface area contributed by atoms with Gasteiger partial charge in [0.2, 0.25) is 0 Å². The number of carbonyl (C=O) groups is 2. The number of rotatable bonds is 25. The van der Waals surface area contributed by atoms with Gasteiger partial charge in [0.25, 0.3) is 0 Å². The number of hydrogen-bond donors (Lipinski definition) is 0. The first-order chi connectivity index (χ1) is 17.3. The summed E-state index contributed by atoms with van der Waals surface area (Å²) < 4.78 is 47.4. The maximum atomic E-state index is 10.8. The van der Waals surface area contributed by atoms with Crippen molar-refractivity contribution in [1.29, 1.82) is 0 Å². The second-order valence-corrected chi connectivity index (χ2v) is 6.84. The van der Waals surface area contributed by atoms with Gasteiger partial charge in [0.05, 0.1) is 93.0 Å². The summed E-state index contributed by atoms with van der Waals surface area (Å²) in [6.45, 7) is 6.29. The van der Waals surface area contributed by atoms with Crippen LogP contribution in [0.15, 0.2) is 24.3 Å². The molecule has 0 aliphatic carbocycles. The minimum atomic E-state index is -0.409. The van der Waals surface area contributed by atoms with Gasteiger partial charge in [-0.25, -0.2) is 4.79 Å². The summed E-state index contributed by atoms with van der Waals surface area (Å²) in [5.74, 6) is 0.291. The van der Waals surface area contributed by atoms with Gasteiger partial charge in [-0.1, -0.05) is 0 Å². The monoisotopic (exact) mass is 502 g/mol. The molecule has 0 spiro atoms. The second-order valence-electron chi connectivity index (χ2n) is 6.84. The molecule has 200 valence electrons. The van der Waals surface area contributed by atoms with Crippen LogP contribution in [0.5, 0.6) is 5.75 Å². The standard InChI is InChI=1S/C24H38O11/c1-27-24(26)21-34-17-16-32-13-12-30-9-8-28-6-7-29-10-11-31-14-15-33-18-19-35-23-4-2-22(20-25)3-5-23/h2-5,20H,6-19,21H2,1H3. The second kappa shape index (κ2) is 23.6. The molecule has 0 unspecified atom stereocenters. The molecule has 0 aliphatic rings. The van der Waals surface area contributed by atoms with Crippen LogP contribution in [-0.2, 0) is 42.7 Å². The molecule has 0 saturated carbocycles. The third-order valence-electron chi connectivity index (χ3n) is 4.19. The molecule has 0 radical (unpaired) electrons. The molecule has 1 rings (SSSR count). The van der Waals surface area contributed by atoms with Gasteiger partial charge in [-0.15, -0.1) is 0 Å². The molecule has 35 heavy (non-hydrogen) atoms. The SMILES string of the molecule is COC(=O)COCCOCCOCCOCCOCCOCCOCCOc1ccc(C=O)cc1. The van der Waals surface area contributed by atoms with Crippen molar-refractivity contribution in [3.8, 4) is 5.75 Å². The zero-order chi connectivity index (χ0) is 25.2. The average molecular weight is 503 g/mol. The molecule has 0 atom stereocenters. The fourth-order valence-electron chi connectivity index (χ4n) is 2.39. The quantitative estimate of drug-likeness (QED) is 0.109. The molecule has 1 aromatic carbocycles. The van der Waals surface area contributed by atoms with E-state index in [0.717, 1.165) is 6.29 Å². The smallest absolute Gasteiger partial charge is 0.331 e. The molecule has 0 saturated heterocycles. The Labute approximate surface area is 206 Å². The lowest BCUT2D eigenvalue weighted by Crippen LogP contribution is -2.16. The fraction of sp³-hybridized carbons (Fsp3) is 0.667. The minimum Gasteiger partial charge on any atom is -0.491 e. The van der Waals surface area contributed by atoms with Crippen LogP contribution in [0, 0.1) is 0 Å². The highest BCUT2D eigenvalue weighted by atomic mass is 16.6.